The lowest BCUT2D eigenvalue weighted by atomic mass is 10.3. The van der Waals surface area contributed by atoms with Crippen molar-refractivity contribution in [1.82, 2.24) is 14.5 Å². The van der Waals surface area contributed by atoms with Crippen molar-refractivity contribution in [2.45, 2.75) is 25.1 Å². The Labute approximate surface area is 106 Å². The average Bonchev–Trinajstić information content (AvgIpc) is 2.69. The molecule has 0 aliphatic rings. The van der Waals surface area contributed by atoms with Crippen LogP contribution >= 0.6 is 12.2 Å². The van der Waals surface area contributed by atoms with E-state index in [1.54, 1.807) is 30.1 Å². The van der Waals surface area contributed by atoms with Crippen LogP contribution in [0.4, 0.5) is 0 Å². The van der Waals surface area contributed by atoms with Crippen LogP contribution < -0.4 is 10.5 Å². The van der Waals surface area contributed by atoms with Gasteiger partial charge in [0.05, 0.1) is 11.5 Å². The molecule has 0 fully saturated rings. The van der Waals surface area contributed by atoms with E-state index in [9.17, 15) is 8.42 Å². The second kappa shape index (κ2) is 6.08. The van der Waals surface area contributed by atoms with E-state index in [1.165, 1.54) is 0 Å². The molecule has 0 aliphatic carbocycles. The molecule has 3 N–H and O–H groups in total. The number of nitrogens with zero attached hydrogens (tertiary/aromatic N) is 2. The predicted molar refractivity (Wildman–Crippen MR) is 70.0 cm³/mol. The number of hydrogen-bond acceptors (Lipinski definition) is 4. The molecule has 0 radical (unpaired) electrons. The summed E-state index contributed by atoms with van der Waals surface area (Å²) in [6, 6.07) is 1.78. The van der Waals surface area contributed by atoms with Crippen molar-refractivity contribution in [3.63, 3.8) is 0 Å². The van der Waals surface area contributed by atoms with Crippen LogP contribution in [0.25, 0.3) is 0 Å². The Morgan fingerprint density at radius 1 is 1.65 bits per heavy atom. The average molecular weight is 276 g/mol. The summed E-state index contributed by atoms with van der Waals surface area (Å²) in [5.41, 5.74) is 5.39. The van der Waals surface area contributed by atoms with E-state index in [-0.39, 0.29) is 11.5 Å². The van der Waals surface area contributed by atoms with Gasteiger partial charge in [-0.1, -0.05) is 19.1 Å². The number of sulfonamides is 1. The highest BCUT2D eigenvalue weighted by molar-refractivity contribution is 7.93. The molecule has 17 heavy (non-hydrogen) atoms. The number of nitrogens with one attached hydrogen (secondary N) is 1. The minimum atomic E-state index is -3.48. The summed E-state index contributed by atoms with van der Waals surface area (Å²) in [6.07, 6.45) is 3.77. The van der Waals surface area contributed by atoms with Crippen LogP contribution in [0, 0.1) is 0 Å². The summed E-state index contributed by atoms with van der Waals surface area (Å²) in [6.45, 7) is 2.47. The molecule has 6 nitrogen and oxygen atoms in total. The molecule has 0 aromatic carbocycles. The molecule has 1 rings (SSSR count). The SMILES string of the molecule is CCC(C(N)=S)S(=O)(=O)NCCn1cccn1. The minimum Gasteiger partial charge on any atom is -0.392 e. The van der Waals surface area contributed by atoms with E-state index in [0.29, 0.717) is 13.0 Å². The maximum atomic E-state index is 11.8. The Morgan fingerprint density at radius 3 is 2.82 bits per heavy atom. The van der Waals surface area contributed by atoms with Gasteiger partial charge < -0.3 is 5.73 Å². The molecule has 1 unspecified atom stereocenters. The first-order valence-corrected chi connectivity index (χ1v) is 7.18. The molecule has 0 saturated carbocycles. The number of thiocarbonyl (C=S) groups is 1. The van der Waals surface area contributed by atoms with Crippen LogP contribution in [0.3, 0.4) is 0 Å². The van der Waals surface area contributed by atoms with Crippen molar-refractivity contribution in [3.05, 3.63) is 18.5 Å². The monoisotopic (exact) mass is 276 g/mol. The summed E-state index contributed by atoms with van der Waals surface area (Å²) < 4.78 is 27.8. The third kappa shape index (κ3) is 4.06. The van der Waals surface area contributed by atoms with Crippen LogP contribution in [0.5, 0.6) is 0 Å². The molecule has 1 heterocycles. The molecule has 0 saturated heterocycles. The van der Waals surface area contributed by atoms with Gasteiger partial charge >= 0.3 is 0 Å². The second-order valence-electron chi connectivity index (χ2n) is 3.51. The molecular weight excluding hydrogens is 260 g/mol. The van der Waals surface area contributed by atoms with Gasteiger partial charge in [0.2, 0.25) is 10.0 Å². The number of hydrogen-bond donors (Lipinski definition) is 2. The van der Waals surface area contributed by atoms with Gasteiger partial charge in [0.25, 0.3) is 0 Å². The van der Waals surface area contributed by atoms with Crippen molar-refractivity contribution in [2.24, 2.45) is 5.73 Å². The molecule has 96 valence electrons. The van der Waals surface area contributed by atoms with E-state index in [4.69, 9.17) is 18.0 Å². The molecule has 1 atom stereocenters. The van der Waals surface area contributed by atoms with Gasteiger partial charge in [0, 0.05) is 18.9 Å². The highest BCUT2D eigenvalue weighted by Gasteiger charge is 2.25. The summed E-state index contributed by atoms with van der Waals surface area (Å²) in [5, 5.41) is 3.16. The molecular formula is C9H16N4O2S2. The lowest BCUT2D eigenvalue weighted by molar-refractivity contribution is 0.555. The normalized spacial score (nSPS) is 13.5. The van der Waals surface area contributed by atoms with Crippen LogP contribution in [-0.4, -0.2) is 35.0 Å². The molecule has 0 amide bonds. The first-order chi connectivity index (χ1) is 7.97. The largest absolute Gasteiger partial charge is 0.392 e. The van der Waals surface area contributed by atoms with Gasteiger partial charge in [-0.15, -0.1) is 0 Å². The zero-order valence-electron chi connectivity index (χ0n) is 9.54. The maximum absolute atomic E-state index is 11.8. The van der Waals surface area contributed by atoms with Gasteiger partial charge in [-0.25, -0.2) is 13.1 Å². The van der Waals surface area contributed by atoms with E-state index in [2.05, 4.69) is 9.82 Å². The van der Waals surface area contributed by atoms with E-state index < -0.39 is 15.3 Å². The van der Waals surface area contributed by atoms with Gasteiger partial charge in [-0.2, -0.15) is 5.10 Å². The first kappa shape index (κ1) is 14.1. The van der Waals surface area contributed by atoms with Crippen LogP contribution in [0.15, 0.2) is 18.5 Å². The van der Waals surface area contributed by atoms with Crippen LogP contribution in [0.2, 0.25) is 0 Å². The lowest BCUT2D eigenvalue weighted by Gasteiger charge is -2.15. The fourth-order valence-electron chi connectivity index (χ4n) is 1.41. The second-order valence-corrected chi connectivity index (χ2v) is 5.93. The highest BCUT2D eigenvalue weighted by atomic mass is 32.2. The molecule has 1 aromatic heterocycles. The van der Waals surface area contributed by atoms with Crippen molar-refractivity contribution < 1.29 is 8.42 Å². The smallest absolute Gasteiger partial charge is 0.221 e. The van der Waals surface area contributed by atoms with Crippen molar-refractivity contribution in [1.29, 1.82) is 0 Å². The molecule has 1 aromatic rings. The molecule has 0 spiro atoms. The number of aromatic nitrogens is 2. The van der Waals surface area contributed by atoms with Crippen LogP contribution in [0.1, 0.15) is 13.3 Å². The van der Waals surface area contributed by atoms with Gasteiger partial charge in [0.1, 0.15) is 5.25 Å². The lowest BCUT2D eigenvalue weighted by Crippen LogP contribution is -2.42. The summed E-state index contributed by atoms with van der Waals surface area (Å²) >= 11 is 4.74. The number of nitrogens with two attached hydrogens (primary N) is 1. The van der Waals surface area contributed by atoms with E-state index in [1.807, 2.05) is 0 Å². The first-order valence-electron chi connectivity index (χ1n) is 5.22. The quantitative estimate of drug-likeness (QED) is 0.677. The van der Waals surface area contributed by atoms with Crippen molar-refractivity contribution >= 4 is 27.2 Å². The highest BCUT2D eigenvalue weighted by Crippen LogP contribution is 2.04. The summed E-state index contributed by atoms with van der Waals surface area (Å²) in [5.74, 6) is 0. The standard InChI is InChI=1S/C9H16N4O2S2/c1-2-8(9(10)16)17(14,15)12-5-7-13-6-3-4-11-13/h3-4,6,8,12H,2,5,7H2,1H3,(H2,10,16). The molecule has 8 heteroatoms. The third-order valence-electron chi connectivity index (χ3n) is 2.27. The third-order valence-corrected chi connectivity index (χ3v) is 4.64. The number of rotatable bonds is 7. The maximum Gasteiger partial charge on any atom is 0.221 e. The van der Waals surface area contributed by atoms with Gasteiger partial charge in [0.15, 0.2) is 0 Å². The Balaban J connectivity index is 2.52. The van der Waals surface area contributed by atoms with Crippen molar-refractivity contribution in [3.8, 4) is 0 Å². The zero-order chi connectivity index (χ0) is 12.9. The van der Waals surface area contributed by atoms with E-state index in [0.717, 1.165) is 0 Å². The summed E-state index contributed by atoms with van der Waals surface area (Å²) in [4.78, 5) is -0.000843. The Morgan fingerprint density at radius 2 is 2.35 bits per heavy atom. The Kier molecular flexibility index (Phi) is 5.03. The predicted octanol–water partition coefficient (Wildman–Crippen LogP) is -0.133. The van der Waals surface area contributed by atoms with Gasteiger partial charge in [-0.3, -0.25) is 4.68 Å². The van der Waals surface area contributed by atoms with Crippen LogP contribution in [-0.2, 0) is 16.6 Å². The fourth-order valence-corrected chi connectivity index (χ4v) is 3.28. The fraction of sp³-hybridized carbons (Fsp3) is 0.556. The molecule has 0 aliphatic heterocycles. The summed E-state index contributed by atoms with van der Waals surface area (Å²) in [7, 11) is -3.48. The zero-order valence-corrected chi connectivity index (χ0v) is 11.2. The van der Waals surface area contributed by atoms with E-state index >= 15 is 0 Å². The minimum absolute atomic E-state index is 0.000843. The molecule has 0 bridgehead atoms. The topological polar surface area (TPSA) is 90.0 Å². The Hall–Kier alpha value is -0.990. The Bertz CT molecular complexity index is 455. The van der Waals surface area contributed by atoms with Gasteiger partial charge in [-0.05, 0) is 12.5 Å². The van der Waals surface area contributed by atoms with Crippen molar-refractivity contribution in [2.75, 3.05) is 6.54 Å².